The van der Waals surface area contributed by atoms with Crippen molar-refractivity contribution in [2.24, 2.45) is 0 Å². The highest BCUT2D eigenvalue weighted by Crippen LogP contribution is 2.23. The predicted molar refractivity (Wildman–Crippen MR) is 64.9 cm³/mol. The number of anilines is 1. The number of aliphatic hydroxyl groups excluding tert-OH is 1. The summed E-state index contributed by atoms with van der Waals surface area (Å²) < 4.78 is 5.69. The molecule has 0 spiro atoms. The third-order valence-corrected chi connectivity index (χ3v) is 3.87. The van der Waals surface area contributed by atoms with E-state index in [-0.39, 0.29) is 6.61 Å². The summed E-state index contributed by atoms with van der Waals surface area (Å²) in [6, 6.07) is 0. The molecule has 0 saturated carbocycles. The summed E-state index contributed by atoms with van der Waals surface area (Å²) in [5.74, 6) is 0. The Hall–Kier alpha value is -0.650. The Kier molecular flexibility index (Phi) is 4.15. The molecule has 1 aromatic rings. The minimum atomic E-state index is 0.0748. The molecule has 2 heterocycles. The van der Waals surface area contributed by atoms with Gasteiger partial charge < -0.3 is 14.7 Å². The zero-order valence-electron chi connectivity index (χ0n) is 9.56. The van der Waals surface area contributed by atoms with Crippen molar-refractivity contribution in [2.75, 3.05) is 25.1 Å². The molecule has 0 radical (unpaired) electrons. The summed E-state index contributed by atoms with van der Waals surface area (Å²) in [5.41, 5.74) is 0. The van der Waals surface area contributed by atoms with Crippen LogP contribution in [0, 0.1) is 0 Å². The van der Waals surface area contributed by atoms with Crippen LogP contribution in [-0.4, -0.2) is 36.4 Å². The molecular weight excluding hydrogens is 224 g/mol. The highest BCUT2D eigenvalue weighted by atomic mass is 32.1. The minimum absolute atomic E-state index is 0.0748. The van der Waals surface area contributed by atoms with Gasteiger partial charge in [-0.1, -0.05) is 11.3 Å². The van der Waals surface area contributed by atoms with E-state index in [1.807, 2.05) is 7.05 Å². The van der Waals surface area contributed by atoms with E-state index in [2.05, 4.69) is 9.88 Å². The highest BCUT2D eigenvalue weighted by molar-refractivity contribution is 7.15. The molecule has 0 bridgehead atoms. The van der Waals surface area contributed by atoms with Crippen molar-refractivity contribution in [1.29, 1.82) is 0 Å². The topological polar surface area (TPSA) is 45.6 Å². The summed E-state index contributed by atoms with van der Waals surface area (Å²) in [4.78, 5) is 7.30. The van der Waals surface area contributed by atoms with Gasteiger partial charge in [-0.15, -0.1) is 0 Å². The second-order valence-corrected chi connectivity index (χ2v) is 5.23. The van der Waals surface area contributed by atoms with Crippen LogP contribution >= 0.6 is 11.3 Å². The fraction of sp³-hybridized carbons (Fsp3) is 0.727. The molecule has 1 aliphatic rings. The quantitative estimate of drug-likeness (QED) is 0.872. The van der Waals surface area contributed by atoms with Gasteiger partial charge >= 0.3 is 0 Å². The number of thiazole rings is 1. The van der Waals surface area contributed by atoms with Gasteiger partial charge in [-0.25, -0.2) is 4.98 Å². The van der Waals surface area contributed by atoms with Crippen LogP contribution in [-0.2, 0) is 11.3 Å². The molecule has 5 heteroatoms. The third-order valence-electron chi connectivity index (χ3n) is 2.78. The van der Waals surface area contributed by atoms with Gasteiger partial charge in [0.15, 0.2) is 5.13 Å². The zero-order valence-corrected chi connectivity index (χ0v) is 10.4. The maximum absolute atomic E-state index is 8.98. The fourth-order valence-electron chi connectivity index (χ4n) is 1.88. The van der Waals surface area contributed by atoms with Crippen LogP contribution in [0.4, 0.5) is 5.13 Å². The number of nitrogens with zero attached hydrogens (tertiary/aromatic N) is 2. The van der Waals surface area contributed by atoms with Gasteiger partial charge in [-0.2, -0.15) is 0 Å². The Balaban J connectivity index is 1.88. The van der Waals surface area contributed by atoms with Gasteiger partial charge in [0.25, 0.3) is 0 Å². The molecule has 0 amide bonds. The largest absolute Gasteiger partial charge is 0.391 e. The molecular formula is C11H18N2O2S. The number of aliphatic hydroxyl groups is 1. The lowest BCUT2D eigenvalue weighted by atomic mass is 10.1. The van der Waals surface area contributed by atoms with Gasteiger partial charge in [0.1, 0.15) is 0 Å². The molecule has 4 nitrogen and oxygen atoms in total. The van der Waals surface area contributed by atoms with Crippen molar-refractivity contribution in [3.63, 3.8) is 0 Å². The van der Waals surface area contributed by atoms with Gasteiger partial charge in [0, 0.05) is 26.4 Å². The van der Waals surface area contributed by atoms with E-state index in [0.29, 0.717) is 6.10 Å². The number of hydrogen-bond donors (Lipinski definition) is 1. The molecule has 1 aromatic heterocycles. The van der Waals surface area contributed by atoms with Crippen LogP contribution in [0.2, 0.25) is 0 Å². The van der Waals surface area contributed by atoms with Crippen LogP contribution < -0.4 is 4.90 Å². The zero-order chi connectivity index (χ0) is 11.4. The van der Waals surface area contributed by atoms with Crippen molar-refractivity contribution in [2.45, 2.75) is 32.0 Å². The van der Waals surface area contributed by atoms with Crippen molar-refractivity contribution in [3.8, 4) is 0 Å². The molecule has 1 unspecified atom stereocenters. The third kappa shape index (κ3) is 2.93. The van der Waals surface area contributed by atoms with E-state index >= 15 is 0 Å². The number of rotatable bonds is 4. The van der Waals surface area contributed by atoms with Gasteiger partial charge in [0.2, 0.25) is 0 Å². The Bertz CT molecular complexity index is 324. The molecule has 16 heavy (non-hydrogen) atoms. The molecule has 2 rings (SSSR count). The van der Waals surface area contributed by atoms with E-state index in [4.69, 9.17) is 9.84 Å². The number of ether oxygens (including phenoxy) is 1. The van der Waals surface area contributed by atoms with Crippen LogP contribution in [0.5, 0.6) is 0 Å². The summed E-state index contributed by atoms with van der Waals surface area (Å²) in [5, 5.41) is 9.94. The maximum Gasteiger partial charge on any atom is 0.185 e. The highest BCUT2D eigenvalue weighted by Gasteiger charge is 2.17. The van der Waals surface area contributed by atoms with E-state index in [0.717, 1.165) is 29.6 Å². The van der Waals surface area contributed by atoms with Crippen molar-refractivity contribution in [3.05, 3.63) is 11.1 Å². The standard InChI is InChI=1S/C11H18N2O2S/c1-13(7-9-4-2-3-5-15-9)11-12-6-10(8-14)16-11/h6,9,14H,2-5,7-8H2,1H3. The lowest BCUT2D eigenvalue weighted by Gasteiger charge is -2.27. The lowest BCUT2D eigenvalue weighted by Crippen LogP contribution is -2.33. The minimum Gasteiger partial charge on any atom is -0.391 e. The monoisotopic (exact) mass is 242 g/mol. The van der Waals surface area contributed by atoms with Crippen molar-refractivity contribution < 1.29 is 9.84 Å². The van der Waals surface area contributed by atoms with Crippen LogP contribution in [0.3, 0.4) is 0 Å². The average Bonchev–Trinajstić information content (AvgIpc) is 2.79. The number of likely N-dealkylation sites (N-methyl/N-ethyl adjacent to an activating group) is 1. The smallest absolute Gasteiger partial charge is 0.185 e. The maximum atomic E-state index is 8.98. The predicted octanol–water partition coefficient (Wildman–Crippen LogP) is 1.64. The molecule has 1 atom stereocenters. The van der Waals surface area contributed by atoms with Gasteiger partial charge in [-0.05, 0) is 19.3 Å². The Morgan fingerprint density at radius 1 is 1.62 bits per heavy atom. The average molecular weight is 242 g/mol. The normalized spacial score (nSPS) is 21.0. The van der Waals surface area contributed by atoms with Gasteiger partial charge in [0.05, 0.1) is 17.6 Å². The molecule has 1 aliphatic heterocycles. The summed E-state index contributed by atoms with van der Waals surface area (Å²) >= 11 is 1.54. The van der Waals surface area contributed by atoms with E-state index < -0.39 is 0 Å². The molecule has 0 aliphatic carbocycles. The second-order valence-electron chi connectivity index (χ2n) is 4.14. The van der Waals surface area contributed by atoms with Crippen molar-refractivity contribution >= 4 is 16.5 Å². The van der Waals surface area contributed by atoms with E-state index in [1.165, 1.54) is 24.2 Å². The molecule has 90 valence electrons. The first-order valence-electron chi connectivity index (χ1n) is 5.68. The van der Waals surface area contributed by atoms with E-state index in [1.54, 1.807) is 6.20 Å². The Morgan fingerprint density at radius 2 is 2.50 bits per heavy atom. The SMILES string of the molecule is CN(CC1CCCCO1)c1ncc(CO)s1. The molecule has 0 aromatic carbocycles. The molecule has 1 saturated heterocycles. The number of aromatic nitrogens is 1. The second kappa shape index (κ2) is 5.61. The first kappa shape index (κ1) is 11.8. The van der Waals surface area contributed by atoms with Crippen LogP contribution in [0.1, 0.15) is 24.1 Å². The molecule has 1 fully saturated rings. The molecule has 1 N–H and O–H groups in total. The van der Waals surface area contributed by atoms with E-state index in [9.17, 15) is 0 Å². The summed E-state index contributed by atoms with van der Waals surface area (Å²) in [6.07, 6.45) is 5.66. The first-order valence-corrected chi connectivity index (χ1v) is 6.49. The lowest BCUT2D eigenvalue weighted by molar-refractivity contribution is 0.0216. The fourth-order valence-corrected chi connectivity index (χ4v) is 2.62. The van der Waals surface area contributed by atoms with Crippen LogP contribution in [0.25, 0.3) is 0 Å². The number of hydrogen-bond acceptors (Lipinski definition) is 5. The first-order chi connectivity index (χ1) is 7.79. The van der Waals surface area contributed by atoms with Gasteiger partial charge in [-0.3, -0.25) is 0 Å². The summed E-state index contributed by atoms with van der Waals surface area (Å²) in [7, 11) is 2.03. The summed E-state index contributed by atoms with van der Waals surface area (Å²) in [6.45, 7) is 1.85. The Labute approximate surface area is 99.9 Å². The van der Waals surface area contributed by atoms with Crippen molar-refractivity contribution in [1.82, 2.24) is 4.98 Å². The van der Waals surface area contributed by atoms with Crippen LogP contribution in [0.15, 0.2) is 6.20 Å². The Morgan fingerprint density at radius 3 is 3.12 bits per heavy atom.